The number of hydrogen-bond acceptors (Lipinski definition) is 6. The van der Waals surface area contributed by atoms with Crippen LogP contribution in [0.25, 0.3) is 0 Å². The van der Waals surface area contributed by atoms with Crippen molar-refractivity contribution in [3.63, 3.8) is 0 Å². The van der Waals surface area contributed by atoms with Crippen LogP contribution >= 0.6 is 22.9 Å². The third kappa shape index (κ3) is 3.88. The first-order valence-electron chi connectivity index (χ1n) is 7.33. The Morgan fingerprint density at radius 2 is 2.27 bits per heavy atom. The van der Waals surface area contributed by atoms with E-state index in [0.717, 1.165) is 42.2 Å². The molecule has 1 saturated heterocycles. The van der Waals surface area contributed by atoms with Crippen LogP contribution in [-0.2, 0) is 6.54 Å². The van der Waals surface area contributed by atoms with Crippen molar-refractivity contribution in [1.29, 1.82) is 0 Å². The van der Waals surface area contributed by atoms with E-state index in [1.165, 1.54) is 4.88 Å². The molecule has 1 fully saturated rings. The van der Waals surface area contributed by atoms with Gasteiger partial charge in [0.25, 0.3) is 0 Å². The lowest BCUT2D eigenvalue weighted by molar-refractivity contribution is 0.331. The third-order valence-electron chi connectivity index (χ3n) is 3.68. The summed E-state index contributed by atoms with van der Waals surface area (Å²) in [6, 6.07) is 6.44. The molecule has 5 nitrogen and oxygen atoms in total. The van der Waals surface area contributed by atoms with Gasteiger partial charge in [-0.05, 0) is 24.6 Å². The molecule has 1 unspecified atom stereocenters. The fourth-order valence-corrected chi connectivity index (χ4v) is 3.73. The summed E-state index contributed by atoms with van der Waals surface area (Å²) < 4.78 is 0.862. The lowest BCUT2D eigenvalue weighted by Crippen LogP contribution is -2.26. The summed E-state index contributed by atoms with van der Waals surface area (Å²) in [7, 11) is 3.89. The second-order valence-corrected chi connectivity index (χ2v) is 7.51. The Kier molecular flexibility index (Phi) is 4.81. The van der Waals surface area contributed by atoms with E-state index < -0.39 is 0 Å². The first kappa shape index (κ1) is 15.5. The van der Waals surface area contributed by atoms with Crippen LogP contribution in [0.15, 0.2) is 24.4 Å². The molecule has 1 aliphatic rings. The van der Waals surface area contributed by atoms with Crippen LogP contribution in [0.4, 0.5) is 11.8 Å². The largest absolute Gasteiger partial charge is 0.366 e. The number of likely N-dealkylation sites (tertiary alicyclic amines) is 1. The quantitative estimate of drug-likeness (QED) is 0.908. The Morgan fingerprint density at radius 1 is 1.41 bits per heavy atom. The molecule has 1 aliphatic heterocycles. The Balaban J connectivity index is 1.55. The van der Waals surface area contributed by atoms with Gasteiger partial charge in [-0.1, -0.05) is 11.6 Å². The van der Waals surface area contributed by atoms with Gasteiger partial charge >= 0.3 is 0 Å². The van der Waals surface area contributed by atoms with E-state index >= 15 is 0 Å². The van der Waals surface area contributed by atoms with Gasteiger partial charge in [0.15, 0.2) is 0 Å². The SMILES string of the molecule is CN(C)c1nccc(NC2CCN(Cc3ccc(Cl)s3)C2)n1. The van der Waals surface area contributed by atoms with E-state index in [9.17, 15) is 0 Å². The van der Waals surface area contributed by atoms with Gasteiger partial charge in [0.2, 0.25) is 5.95 Å². The predicted octanol–water partition coefficient (Wildman–Crippen LogP) is 2.94. The fourth-order valence-electron chi connectivity index (χ4n) is 2.60. The average molecular weight is 338 g/mol. The molecule has 3 heterocycles. The molecular formula is C15H20ClN5S. The van der Waals surface area contributed by atoms with Crippen LogP contribution in [0.5, 0.6) is 0 Å². The molecule has 1 N–H and O–H groups in total. The molecule has 0 radical (unpaired) electrons. The molecule has 7 heteroatoms. The molecule has 0 bridgehead atoms. The molecule has 0 spiro atoms. The summed E-state index contributed by atoms with van der Waals surface area (Å²) in [4.78, 5) is 14.4. The number of nitrogens with zero attached hydrogens (tertiary/aromatic N) is 4. The maximum atomic E-state index is 5.99. The Hall–Kier alpha value is -1.37. The number of nitrogens with one attached hydrogen (secondary N) is 1. The second-order valence-electron chi connectivity index (χ2n) is 5.71. The number of anilines is 2. The lowest BCUT2D eigenvalue weighted by atomic mass is 10.2. The summed E-state index contributed by atoms with van der Waals surface area (Å²) in [6.45, 7) is 3.10. The molecule has 2 aromatic heterocycles. The minimum atomic E-state index is 0.431. The van der Waals surface area contributed by atoms with Gasteiger partial charge in [0.1, 0.15) is 5.82 Å². The van der Waals surface area contributed by atoms with Gasteiger partial charge in [-0.3, -0.25) is 4.90 Å². The zero-order valence-corrected chi connectivity index (χ0v) is 14.4. The zero-order chi connectivity index (χ0) is 15.5. The molecular weight excluding hydrogens is 318 g/mol. The molecule has 0 aliphatic carbocycles. The summed E-state index contributed by atoms with van der Waals surface area (Å²) in [5, 5.41) is 3.51. The van der Waals surface area contributed by atoms with Gasteiger partial charge < -0.3 is 10.2 Å². The number of hydrogen-bond donors (Lipinski definition) is 1. The molecule has 2 aromatic rings. The van der Waals surface area contributed by atoms with Crippen molar-refractivity contribution in [3.05, 3.63) is 33.6 Å². The minimum Gasteiger partial charge on any atom is -0.366 e. The maximum absolute atomic E-state index is 5.99. The maximum Gasteiger partial charge on any atom is 0.226 e. The van der Waals surface area contributed by atoms with Crippen LogP contribution in [0.2, 0.25) is 4.34 Å². The molecule has 118 valence electrons. The van der Waals surface area contributed by atoms with Crippen LogP contribution in [-0.4, -0.2) is 48.1 Å². The molecule has 0 aromatic carbocycles. The van der Waals surface area contributed by atoms with Crippen LogP contribution in [0.3, 0.4) is 0 Å². The van der Waals surface area contributed by atoms with Crippen molar-refractivity contribution in [1.82, 2.24) is 14.9 Å². The topological polar surface area (TPSA) is 44.3 Å². The number of rotatable bonds is 5. The van der Waals surface area contributed by atoms with E-state index in [1.807, 2.05) is 31.1 Å². The monoisotopic (exact) mass is 337 g/mol. The molecule has 0 saturated carbocycles. The number of aromatic nitrogens is 2. The highest BCUT2D eigenvalue weighted by Gasteiger charge is 2.23. The van der Waals surface area contributed by atoms with Crippen molar-refractivity contribution in [2.45, 2.75) is 19.0 Å². The van der Waals surface area contributed by atoms with Crippen LogP contribution in [0.1, 0.15) is 11.3 Å². The average Bonchev–Trinajstić information content (AvgIpc) is 3.09. The van der Waals surface area contributed by atoms with Crippen LogP contribution in [0, 0.1) is 0 Å². The minimum absolute atomic E-state index is 0.431. The van der Waals surface area contributed by atoms with Gasteiger partial charge in [-0.25, -0.2) is 4.98 Å². The summed E-state index contributed by atoms with van der Waals surface area (Å²) >= 11 is 7.65. The summed E-state index contributed by atoms with van der Waals surface area (Å²) in [5.74, 6) is 1.62. The van der Waals surface area contributed by atoms with Crippen LogP contribution < -0.4 is 10.2 Å². The zero-order valence-electron chi connectivity index (χ0n) is 12.8. The standard InChI is InChI=1S/C15H20ClN5S/c1-20(2)15-17-7-5-14(19-15)18-11-6-8-21(9-11)10-12-3-4-13(16)22-12/h3-5,7,11H,6,8-10H2,1-2H3,(H,17,18,19). The van der Waals surface area contributed by atoms with Crippen molar-refractivity contribution in [2.75, 3.05) is 37.4 Å². The van der Waals surface area contributed by atoms with Gasteiger partial charge in [0.05, 0.1) is 4.34 Å². The smallest absolute Gasteiger partial charge is 0.226 e. The van der Waals surface area contributed by atoms with E-state index in [-0.39, 0.29) is 0 Å². The fraction of sp³-hybridized carbons (Fsp3) is 0.467. The van der Waals surface area contributed by atoms with Gasteiger partial charge in [0, 0.05) is 50.8 Å². The van der Waals surface area contributed by atoms with E-state index in [4.69, 9.17) is 11.6 Å². The van der Waals surface area contributed by atoms with Crippen molar-refractivity contribution in [3.8, 4) is 0 Å². The summed E-state index contributed by atoms with van der Waals surface area (Å²) in [6.07, 6.45) is 2.92. The number of thiophene rings is 1. The Bertz CT molecular complexity index is 630. The van der Waals surface area contributed by atoms with E-state index in [0.29, 0.717) is 6.04 Å². The normalized spacial score (nSPS) is 18.6. The molecule has 3 rings (SSSR count). The highest BCUT2D eigenvalue weighted by Crippen LogP contribution is 2.24. The van der Waals surface area contributed by atoms with E-state index in [1.54, 1.807) is 17.5 Å². The number of halogens is 1. The molecule has 22 heavy (non-hydrogen) atoms. The third-order valence-corrected chi connectivity index (χ3v) is 4.89. The van der Waals surface area contributed by atoms with Crippen molar-refractivity contribution < 1.29 is 0 Å². The van der Waals surface area contributed by atoms with Crippen molar-refractivity contribution >= 4 is 34.7 Å². The van der Waals surface area contributed by atoms with Crippen molar-refractivity contribution in [2.24, 2.45) is 0 Å². The lowest BCUT2D eigenvalue weighted by Gasteiger charge is -2.17. The first-order chi connectivity index (χ1) is 10.6. The Labute approximate surface area is 139 Å². The Morgan fingerprint density at radius 3 is 3.00 bits per heavy atom. The van der Waals surface area contributed by atoms with E-state index in [2.05, 4.69) is 26.3 Å². The highest BCUT2D eigenvalue weighted by molar-refractivity contribution is 7.16. The second kappa shape index (κ2) is 6.81. The van der Waals surface area contributed by atoms with Gasteiger partial charge in [-0.2, -0.15) is 4.98 Å². The molecule has 0 amide bonds. The highest BCUT2D eigenvalue weighted by atomic mass is 35.5. The first-order valence-corrected chi connectivity index (χ1v) is 8.53. The predicted molar refractivity (Wildman–Crippen MR) is 93.0 cm³/mol. The van der Waals surface area contributed by atoms with Gasteiger partial charge in [-0.15, -0.1) is 11.3 Å². The summed E-state index contributed by atoms with van der Waals surface area (Å²) in [5.41, 5.74) is 0. The molecule has 1 atom stereocenters.